The van der Waals surface area contributed by atoms with Crippen LogP contribution in [0.1, 0.15) is 44.6 Å². The zero-order valence-electron chi connectivity index (χ0n) is 15.8. The second-order valence-electron chi connectivity index (χ2n) is 6.48. The average Bonchev–Trinajstić information content (AvgIpc) is 2.71. The van der Waals surface area contributed by atoms with Gasteiger partial charge in [0.2, 0.25) is 0 Å². The fourth-order valence-electron chi connectivity index (χ4n) is 2.79. The molecular weight excluding hydrogens is 426 g/mol. The van der Waals surface area contributed by atoms with Crippen LogP contribution in [0, 0.1) is 6.92 Å². The van der Waals surface area contributed by atoms with Crippen LogP contribution in [-0.2, 0) is 12.4 Å². The number of alkyl halides is 6. The molecule has 1 aromatic carbocycles. The third kappa shape index (κ3) is 5.16. The summed E-state index contributed by atoms with van der Waals surface area (Å²) in [7, 11) is 0. The summed E-state index contributed by atoms with van der Waals surface area (Å²) in [6, 6.07) is 3.81. The summed E-state index contributed by atoms with van der Waals surface area (Å²) in [5, 5.41) is 2.39. The van der Waals surface area contributed by atoms with Crippen molar-refractivity contribution in [3.8, 4) is 0 Å². The second-order valence-corrected chi connectivity index (χ2v) is 6.48. The van der Waals surface area contributed by atoms with E-state index in [1.165, 1.54) is 12.4 Å². The minimum atomic E-state index is -4.80. The quantitative estimate of drug-likeness (QED) is 0.596. The summed E-state index contributed by atoms with van der Waals surface area (Å²) in [5.74, 6) is -0.441. The molecule has 3 aromatic rings. The van der Waals surface area contributed by atoms with Gasteiger partial charge in [0.15, 0.2) is 0 Å². The van der Waals surface area contributed by atoms with Crippen LogP contribution in [0.15, 0.2) is 55.0 Å². The van der Waals surface area contributed by atoms with Crippen LogP contribution in [0.5, 0.6) is 0 Å². The van der Waals surface area contributed by atoms with Crippen molar-refractivity contribution in [2.75, 3.05) is 0 Å². The molecule has 0 saturated heterocycles. The van der Waals surface area contributed by atoms with Crippen molar-refractivity contribution < 1.29 is 31.1 Å². The van der Waals surface area contributed by atoms with E-state index >= 15 is 0 Å². The Hall–Kier alpha value is -3.50. The Morgan fingerprint density at radius 3 is 2.06 bits per heavy atom. The Bertz CT molecular complexity index is 1060. The number of aromatic nitrogens is 3. The molecule has 2 aromatic heterocycles. The molecule has 1 atom stereocenters. The van der Waals surface area contributed by atoms with Gasteiger partial charge in [0.05, 0.1) is 28.4 Å². The lowest BCUT2D eigenvalue weighted by Gasteiger charge is -2.22. The molecule has 0 spiro atoms. The minimum Gasteiger partial charge on any atom is -0.339 e. The van der Waals surface area contributed by atoms with Gasteiger partial charge in [0, 0.05) is 18.6 Å². The molecular formula is C20H14F6N4O. The Balaban J connectivity index is 2.07. The van der Waals surface area contributed by atoms with Gasteiger partial charge in [-0.2, -0.15) is 26.3 Å². The number of hydrogen-bond donors (Lipinski definition) is 1. The summed E-state index contributed by atoms with van der Waals surface area (Å²) in [5.41, 5.74) is -2.72. The van der Waals surface area contributed by atoms with Crippen molar-refractivity contribution in [2.45, 2.75) is 25.3 Å². The molecule has 0 saturated carbocycles. The molecule has 0 aliphatic rings. The lowest BCUT2D eigenvalue weighted by molar-refractivity contribution is -0.139. The van der Waals surface area contributed by atoms with Crippen LogP contribution < -0.4 is 5.32 Å². The van der Waals surface area contributed by atoms with Crippen molar-refractivity contribution in [1.82, 2.24) is 20.3 Å². The number of nitrogens with one attached hydrogen (secondary N) is 1. The van der Waals surface area contributed by atoms with Gasteiger partial charge in [-0.3, -0.25) is 9.78 Å². The van der Waals surface area contributed by atoms with E-state index in [4.69, 9.17) is 0 Å². The molecule has 0 aliphatic carbocycles. The second kappa shape index (κ2) is 8.32. The zero-order chi connectivity index (χ0) is 22.8. The fourth-order valence-corrected chi connectivity index (χ4v) is 2.79. The van der Waals surface area contributed by atoms with Gasteiger partial charge < -0.3 is 5.32 Å². The predicted octanol–water partition coefficient (Wildman–Crippen LogP) is 4.74. The zero-order valence-corrected chi connectivity index (χ0v) is 15.8. The Morgan fingerprint density at radius 2 is 1.52 bits per heavy atom. The highest BCUT2D eigenvalue weighted by atomic mass is 19.4. The molecule has 11 heteroatoms. The van der Waals surface area contributed by atoms with Crippen LogP contribution in [0.3, 0.4) is 0 Å². The standard InChI is InChI=1S/C20H14F6N4O/c1-11-28-9-13(10-29-11)18(31)30-16(12-4-6-14(7-5-12)19(21,22)23)17-15(20(24,25)26)3-2-8-27-17/h2-10,16H,1H3,(H,30,31). The number of benzene rings is 1. The van der Waals surface area contributed by atoms with Crippen LogP contribution >= 0.6 is 0 Å². The van der Waals surface area contributed by atoms with Gasteiger partial charge >= 0.3 is 12.4 Å². The lowest BCUT2D eigenvalue weighted by Crippen LogP contribution is -2.32. The highest BCUT2D eigenvalue weighted by Crippen LogP contribution is 2.36. The smallest absolute Gasteiger partial charge is 0.339 e. The average molecular weight is 440 g/mol. The number of carbonyl (C=O) groups is 1. The molecule has 5 nitrogen and oxygen atoms in total. The van der Waals surface area contributed by atoms with Crippen LogP contribution in [-0.4, -0.2) is 20.9 Å². The maximum absolute atomic E-state index is 13.5. The van der Waals surface area contributed by atoms with Crippen molar-refractivity contribution >= 4 is 5.91 Å². The molecule has 0 radical (unpaired) electrons. The van der Waals surface area contributed by atoms with E-state index in [9.17, 15) is 31.1 Å². The molecule has 1 amide bonds. The number of aryl methyl sites for hydroxylation is 1. The first-order valence-electron chi connectivity index (χ1n) is 8.75. The van der Waals surface area contributed by atoms with Gasteiger partial charge in [0.25, 0.3) is 5.91 Å². The van der Waals surface area contributed by atoms with Gasteiger partial charge in [-0.1, -0.05) is 12.1 Å². The van der Waals surface area contributed by atoms with Crippen molar-refractivity contribution in [1.29, 1.82) is 0 Å². The first kappa shape index (κ1) is 22.2. The number of rotatable bonds is 4. The number of nitrogens with zero attached hydrogens (tertiary/aromatic N) is 3. The number of carbonyl (C=O) groups excluding carboxylic acids is 1. The van der Waals surface area contributed by atoms with Crippen LogP contribution in [0.25, 0.3) is 0 Å². The van der Waals surface area contributed by atoms with E-state index in [1.54, 1.807) is 6.92 Å². The Labute approximate surface area is 172 Å². The molecule has 162 valence electrons. The van der Waals surface area contributed by atoms with E-state index in [0.717, 1.165) is 42.6 Å². The van der Waals surface area contributed by atoms with E-state index in [0.29, 0.717) is 5.82 Å². The number of halogens is 6. The first-order chi connectivity index (χ1) is 14.5. The van der Waals surface area contributed by atoms with Gasteiger partial charge in [-0.25, -0.2) is 9.97 Å². The highest BCUT2D eigenvalue weighted by Gasteiger charge is 2.37. The third-order valence-electron chi connectivity index (χ3n) is 4.31. The monoisotopic (exact) mass is 440 g/mol. The molecule has 0 fully saturated rings. The van der Waals surface area contributed by atoms with Crippen LogP contribution in [0.2, 0.25) is 0 Å². The SMILES string of the molecule is Cc1ncc(C(=O)NC(c2ccc(C(F)(F)F)cc2)c2ncccc2C(F)(F)F)cn1. The summed E-state index contributed by atoms with van der Waals surface area (Å²) in [4.78, 5) is 24.1. The van der Waals surface area contributed by atoms with E-state index in [-0.39, 0.29) is 11.1 Å². The van der Waals surface area contributed by atoms with E-state index < -0.39 is 41.1 Å². The molecule has 1 N–H and O–H groups in total. The normalized spacial score (nSPS) is 13.0. The minimum absolute atomic E-state index is 0.0152. The Morgan fingerprint density at radius 1 is 0.903 bits per heavy atom. The van der Waals surface area contributed by atoms with Crippen molar-refractivity contribution in [3.05, 3.63) is 88.8 Å². The molecule has 1 unspecified atom stereocenters. The summed E-state index contributed by atoms with van der Waals surface area (Å²) in [6.07, 6.45) is -5.96. The molecule has 3 rings (SSSR count). The maximum atomic E-state index is 13.5. The molecule has 2 heterocycles. The molecule has 0 bridgehead atoms. The van der Waals surface area contributed by atoms with Gasteiger partial charge in [-0.05, 0) is 36.8 Å². The fraction of sp³-hybridized carbons (Fsp3) is 0.200. The summed E-state index contributed by atoms with van der Waals surface area (Å²) < 4.78 is 79.2. The predicted molar refractivity (Wildman–Crippen MR) is 96.8 cm³/mol. The number of hydrogen-bond acceptors (Lipinski definition) is 4. The number of pyridine rings is 1. The highest BCUT2D eigenvalue weighted by molar-refractivity contribution is 5.94. The molecule has 0 aliphatic heterocycles. The summed E-state index contributed by atoms with van der Waals surface area (Å²) in [6.45, 7) is 1.58. The summed E-state index contributed by atoms with van der Waals surface area (Å²) >= 11 is 0. The van der Waals surface area contributed by atoms with E-state index in [2.05, 4.69) is 20.3 Å². The van der Waals surface area contributed by atoms with Crippen LogP contribution in [0.4, 0.5) is 26.3 Å². The maximum Gasteiger partial charge on any atom is 0.418 e. The van der Waals surface area contributed by atoms with Gasteiger partial charge in [-0.15, -0.1) is 0 Å². The third-order valence-corrected chi connectivity index (χ3v) is 4.31. The Kier molecular flexibility index (Phi) is 5.96. The first-order valence-corrected chi connectivity index (χ1v) is 8.75. The topological polar surface area (TPSA) is 67.8 Å². The molecule has 31 heavy (non-hydrogen) atoms. The van der Waals surface area contributed by atoms with E-state index in [1.807, 2.05) is 0 Å². The largest absolute Gasteiger partial charge is 0.418 e. The van der Waals surface area contributed by atoms with Crippen molar-refractivity contribution in [3.63, 3.8) is 0 Å². The van der Waals surface area contributed by atoms with Crippen molar-refractivity contribution in [2.24, 2.45) is 0 Å². The lowest BCUT2D eigenvalue weighted by atomic mass is 9.97. The van der Waals surface area contributed by atoms with Gasteiger partial charge in [0.1, 0.15) is 5.82 Å². The number of amides is 1.